The molecule has 0 spiro atoms. The zero-order chi connectivity index (χ0) is 19.8. The van der Waals surface area contributed by atoms with Crippen molar-refractivity contribution < 1.29 is 9.90 Å². The van der Waals surface area contributed by atoms with Crippen LogP contribution in [0.2, 0.25) is 0 Å². The average molecular weight is 395 g/mol. The zero-order valence-electron chi connectivity index (χ0n) is 16.9. The highest BCUT2D eigenvalue weighted by Crippen LogP contribution is 2.41. The number of nitrogens with one attached hydrogen (secondary N) is 1. The Hall–Kier alpha value is -2.18. The quantitative estimate of drug-likeness (QED) is 0.814. The van der Waals surface area contributed by atoms with E-state index >= 15 is 0 Å². The Morgan fingerprint density at radius 2 is 1.90 bits per heavy atom. The van der Waals surface area contributed by atoms with Crippen molar-refractivity contribution in [2.24, 2.45) is 5.41 Å². The van der Waals surface area contributed by atoms with Crippen LogP contribution < -0.4 is 0 Å². The topological polar surface area (TPSA) is 72.5 Å². The van der Waals surface area contributed by atoms with E-state index < -0.39 is 5.97 Å². The van der Waals surface area contributed by atoms with Gasteiger partial charge in [-0.05, 0) is 81.9 Å². The fourth-order valence-corrected chi connectivity index (χ4v) is 5.41. The van der Waals surface area contributed by atoms with Crippen molar-refractivity contribution in [3.8, 4) is 0 Å². The molecule has 1 aromatic carbocycles. The number of hydrogen-bond donors (Lipinski definition) is 2. The zero-order valence-corrected chi connectivity index (χ0v) is 16.9. The largest absolute Gasteiger partial charge is 0.480 e. The van der Waals surface area contributed by atoms with Crippen molar-refractivity contribution in [2.75, 3.05) is 39.3 Å². The minimum atomic E-state index is -0.741. The molecule has 2 bridgehead atoms. The number of nitrogens with zero attached hydrogens (tertiary/aromatic N) is 3. The van der Waals surface area contributed by atoms with Crippen molar-refractivity contribution in [3.63, 3.8) is 0 Å². The SMILES string of the molecule is O=C(O)CN1CCC(c2[nH]nc3cc(C=CC45CCN(CC4)CC5)ccc23)CC1. The van der Waals surface area contributed by atoms with Crippen molar-refractivity contribution in [1.29, 1.82) is 0 Å². The lowest BCUT2D eigenvalue weighted by molar-refractivity contribution is -0.138. The number of piperidine rings is 4. The molecule has 0 saturated carbocycles. The van der Waals surface area contributed by atoms with E-state index in [0.29, 0.717) is 11.3 Å². The van der Waals surface area contributed by atoms with Crippen LogP contribution >= 0.6 is 0 Å². The lowest BCUT2D eigenvalue weighted by Gasteiger charge is -2.47. The maximum absolute atomic E-state index is 10.9. The smallest absolute Gasteiger partial charge is 0.317 e. The van der Waals surface area contributed by atoms with Crippen LogP contribution in [-0.2, 0) is 4.79 Å². The molecule has 0 amide bonds. The molecule has 4 saturated heterocycles. The van der Waals surface area contributed by atoms with Gasteiger partial charge in [-0.3, -0.25) is 14.8 Å². The molecule has 0 radical (unpaired) electrons. The second kappa shape index (κ2) is 7.58. The molecule has 0 atom stereocenters. The lowest BCUT2D eigenvalue weighted by Crippen LogP contribution is -2.47. The number of carbonyl (C=O) groups is 1. The van der Waals surface area contributed by atoms with Crippen molar-refractivity contribution in [3.05, 3.63) is 35.5 Å². The molecular weight excluding hydrogens is 364 g/mol. The molecule has 0 aliphatic carbocycles. The van der Waals surface area contributed by atoms with E-state index in [1.54, 1.807) is 0 Å². The van der Waals surface area contributed by atoms with Crippen LogP contribution in [0.3, 0.4) is 0 Å². The van der Waals surface area contributed by atoms with Crippen LogP contribution in [0, 0.1) is 5.41 Å². The first-order valence-corrected chi connectivity index (χ1v) is 10.9. The molecule has 1 aromatic heterocycles. The summed E-state index contributed by atoms with van der Waals surface area (Å²) in [6, 6.07) is 6.62. The second-order valence-electron chi connectivity index (χ2n) is 9.15. The summed E-state index contributed by atoms with van der Waals surface area (Å²) in [4.78, 5) is 15.5. The third-order valence-corrected chi connectivity index (χ3v) is 7.37. The highest BCUT2D eigenvalue weighted by molar-refractivity contribution is 5.84. The summed E-state index contributed by atoms with van der Waals surface area (Å²) in [6.45, 7) is 5.55. The Morgan fingerprint density at radius 1 is 1.17 bits per heavy atom. The number of hydrogen-bond acceptors (Lipinski definition) is 4. The minimum Gasteiger partial charge on any atom is -0.480 e. The molecule has 2 N–H and O–H groups in total. The van der Waals surface area contributed by atoms with Gasteiger partial charge in [0.05, 0.1) is 12.1 Å². The summed E-state index contributed by atoms with van der Waals surface area (Å²) in [5, 5.41) is 18.1. The van der Waals surface area contributed by atoms with Crippen LogP contribution in [-0.4, -0.2) is 70.3 Å². The Bertz CT molecular complexity index is 904. The molecule has 0 unspecified atom stereocenters. The lowest BCUT2D eigenvalue weighted by atomic mass is 9.72. The number of allylic oxidation sites excluding steroid dienone is 1. The van der Waals surface area contributed by atoms with Crippen molar-refractivity contribution in [1.82, 2.24) is 20.0 Å². The molecule has 4 fully saturated rings. The van der Waals surface area contributed by atoms with Gasteiger partial charge in [0.1, 0.15) is 0 Å². The molecule has 2 aromatic rings. The van der Waals surface area contributed by atoms with Gasteiger partial charge in [-0.2, -0.15) is 5.10 Å². The molecule has 6 nitrogen and oxygen atoms in total. The number of aromatic nitrogens is 2. The summed E-state index contributed by atoms with van der Waals surface area (Å²) >= 11 is 0. The maximum atomic E-state index is 10.9. The molecule has 4 aliphatic heterocycles. The number of carboxylic acids is 1. The van der Waals surface area contributed by atoms with E-state index in [-0.39, 0.29) is 6.54 Å². The molecule has 4 aliphatic rings. The normalized spacial score (nSPS) is 28.5. The fourth-order valence-electron chi connectivity index (χ4n) is 5.41. The number of likely N-dealkylation sites (tertiary alicyclic amines) is 1. The van der Waals surface area contributed by atoms with Gasteiger partial charge >= 0.3 is 5.97 Å². The van der Waals surface area contributed by atoms with E-state index in [1.807, 2.05) is 4.90 Å². The van der Waals surface area contributed by atoms with Crippen LogP contribution in [0.1, 0.15) is 49.3 Å². The molecule has 5 heterocycles. The van der Waals surface area contributed by atoms with Gasteiger partial charge in [-0.15, -0.1) is 0 Å². The van der Waals surface area contributed by atoms with Crippen molar-refractivity contribution >= 4 is 22.9 Å². The number of fused-ring (bicyclic) bond motifs is 4. The summed E-state index contributed by atoms with van der Waals surface area (Å²) in [7, 11) is 0. The summed E-state index contributed by atoms with van der Waals surface area (Å²) in [6.07, 6.45) is 10.6. The van der Waals surface area contributed by atoms with E-state index in [9.17, 15) is 4.79 Å². The van der Waals surface area contributed by atoms with Gasteiger partial charge in [-0.25, -0.2) is 0 Å². The summed E-state index contributed by atoms with van der Waals surface area (Å²) in [5.41, 5.74) is 3.88. The highest BCUT2D eigenvalue weighted by atomic mass is 16.4. The number of H-pyrrole nitrogens is 1. The first-order valence-electron chi connectivity index (χ1n) is 10.9. The van der Waals surface area contributed by atoms with Gasteiger partial charge in [0.2, 0.25) is 0 Å². The molecule has 29 heavy (non-hydrogen) atoms. The second-order valence-corrected chi connectivity index (χ2v) is 9.15. The van der Waals surface area contributed by atoms with Gasteiger partial charge in [0.25, 0.3) is 0 Å². The first kappa shape index (κ1) is 18.8. The van der Waals surface area contributed by atoms with E-state index in [1.165, 1.54) is 55.5 Å². The molecule has 6 rings (SSSR count). The highest BCUT2D eigenvalue weighted by Gasteiger charge is 2.37. The van der Waals surface area contributed by atoms with Gasteiger partial charge in [0, 0.05) is 17.0 Å². The van der Waals surface area contributed by atoms with Gasteiger partial charge in [-0.1, -0.05) is 24.3 Å². The summed E-state index contributed by atoms with van der Waals surface area (Å²) < 4.78 is 0. The van der Waals surface area contributed by atoms with Gasteiger partial charge in [0.15, 0.2) is 0 Å². The third kappa shape index (κ3) is 3.83. The standard InChI is InChI=1S/C23H30N4O2/c28-21(29)16-27-10-4-18(5-11-27)22-19-2-1-17(15-20(19)24-25-22)3-6-23-7-12-26(13-8-23)14-9-23/h1-3,6,15,18H,4-5,7-14,16H2,(H,24,25)(H,28,29). The van der Waals surface area contributed by atoms with E-state index in [0.717, 1.165) is 31.4 Å². The van der Waals surface area contributed by atoms with Crippen LogP contribution in [0.5, 0.6) is 0 Å². The molecule has 6 heteroatoms. The molecular formula is C23H30N4O2. The van der Waals surface area contributed by atoms with Crippen LogP contribution in [0.4, 0.5) is 0 Å². The Kier molecular flexibility index (Phi) is 4.92. The number of aliphatic carboxylic acids is 1. The number of benzene rings is 1. The molecule has 154 valence electrons. The Morgan fingerprint density at radius 3 is 2.59 bits per heavy atom. The Balaban J connectivity index is 1.29. The Labute approximate surface area is 171 Å². The minimum absolute atomic E-state index is 0.145. The number of aromatic amines is 1. The van der Waals surface area contributed by atoms with Crippen LogP contribution in [0.15, 0.2) is 24.3 Å². The fraction of sp³-hybridized carbons (Fsp3) is 0.565. The van der Waals surface area contributed by atoms with E-state index in [4.69, 9.17) is 5.11 Å². The third-order valence-electron chi connectivity index (χ3n) is 7.37. The monoisotopic (exact) mass is 394 g/mol. The summed E-state index contributed by atoms with van der Waals surface area (Å²) in [5.74, 6) is -0.313. The first-order chi connectivity index (χ1) is 14.1. The van der Waals surface area contributed by atoms with Crippen LogP contribution in [0.25, 0.3) is 17.0 Å². The predicted molar refractivity (Wildman–Crippen MR) is 114 cm³/mol. The average Bonchev–Trinajstić information content (AvgIpc) is 3.17. The predicted octanol–water partition coefficient (Wildman–Crippen LogP) is 3.33. The maximum Gasteiger partial charge on any atom is 0.317 e. The van der Waals surface area contributed by atoms with E-state index in [2.05, 4.69) is 45.4 Å². The number of rotatable bonds is 5. The van der Waals surface area contributed by atoms with Gasteiger partial charge < -0.3 is 10.0 Å². The number of carboxylic acid groups (broad SMARTS) is 1. The van der Waals surface area contributed by atoms with Crippen molar-refractivity contribution in [2.45, 2.75) is 38.0 Å².